The molecule has 0 unspecified atom stereocenters. The molecule has 0 radical (unpaired) electrons. The second-order valence-corrected chi connectivity index (χ2v) is 8.59. The van der Waals surface area contributed by atoms with E-state index in [9.17, 15) is 14.7 Å². The molecule has 1 N–H and O–H groups in total. The highest BCUT2D eigenvalue weighted by Crippen LogP contribution is 2.20. The number of carboxylic acids is 1. The fourth-order valence-corrected chi connectivity index (χ4v) is 3.76. The molecule has 0 aliphatic heterocycles. The molecule has 34 heavy (non-hydrogen) atoms. The lowest BCUT2D eigenvalue weighted by molar-refractivity contribution is 0.0487. The first-order valence-electron chi connectivity index (χ1n) is 13.0. The molecular weight excluding hydrogens is 426 g/mol. The van der Waals surface area contributed by atoms with Gasteiger partial charge in [-0.2, -0.15) is 0 Å². The Bertz CT molecular complexity index is 765. The lowest BCUT2D eigenvalue weighted by Gasteiger charge is -2.12. The number of unbranched alkanes of at least 4 members (excludes halogenated alkanes) is 10. The van der Waals surface area contributed by atoms with Crippen molar-refractivity contribution in [2.45, 2.75) is 97.3 Å². The van der Waals surface area contributed by atoms with Crippen LogP contribution in [-0.4, -0.2) is 28.6 Å². The van der Waals surface area contributed by atoms with Crippen molar-refractivity contribution in [1.82, 2.24) is 4.98 Å². The second-order valence-electron chi connectivity index (χ2n) is 8.59. The van der Waals surface area contributed by atoms with Crippen LogP contribution in [0.4, 0.5) is 0 Å². The van der Waals surface area contributed by atoms with Crippen LogP contribution >= 0.6 is 0 Å². The van der Waals surface area contributed by atoms with Crippen LogP contribution in [0.5, 0.6) is 0 Å². The third kappa shape index (κ3) is 13.1. The number of carboxylic acid groups (broad SMARTS) is 1. The quantitative estimate of drug-likeness (QED) is 0.200. The van der Waals surface area contributed by atoms with E-state index in [4.69, 9.17) is 4.74 Å². The third-order valence-electron chi connectivity index (χ3n) is 5.68. The summed E-state index contributed by atoms with van der Waals surface area (Å²) < 4.78 is 5.35. The molecule has 0 saturated heterocycles. The molecule has 1 aromatic heterocycles. The number of hydrogen-bond acceptors (Lipinski definition) is 4. The first-order chi connectivity index (χ1) is 16.6. The predicted molar refractivity (Wildman–Crippen MR) is 138 cm³/mol. The van der Waals surface area contributed by atoms with E-state index in [-0.39, 0.29) is 11.1 Å². The summed E-state index contributed by atoms with van der Waals surface area (Å²) in [5.41, 5.74) is 1.03. The molecule has 0 spiro atoms. The van der Waals surface area contributed by atoms with Crippen molar-refractivity contribution in [3.63, 3.8) is 0 Å². The van der Waals surface area contributed by atoms with Gasteiger partial charge in [-0.05, 0) is 43.0 Å². The van der Waals surface area contributed by atoms with Crippen molar-refractivity contribution in [2.75, 3.05) is 6.61 Å². The topological polar surface area (TPSA) is 76.5 Å². The highest BCUT2D eigenvalue weighted by atomic mass is 16.5. The number of carbonyl (C=O) groups is 2. The number of esters is 1. The summed E-state index contributed by atoms with van der Waals surface area (Å²) in [6, 6.07) is 10.9. The number of benzene rings is 1. The number of pyridine rings is 1. The Balaban J connectivity index is 0.000000830. The van der Waals surface area contributed by atoms with Gasteiger partial charge in [0.1, 0.15) is 0 Å². The fraction of sp³-hybridized carbons (Fsp3) is 0.552. The van der Waals surface area contributed by atoms with Crippen LogP contribution < -0.4 is 0 Å². The summed E-state index contributed by atoms with van der Waals surface area (Å²) in [6.45, 7) is 4.73. The highest BCUT2D eigenvalue weighted by molar-refractivity contribution is 6.03. The van der Waals surface area contributed by atoms with Gasteiger partial charge in [0.25, 0.3) is 0 Å². The molecule has 2 aromatic rings. The molecule has 5 nitrogen and oxygen atoms in total. The monoisotopic (exact) mass is 469 g/mol. The van der Waals surface area contributed by atoms with Crippen LogP contribution in [0.25, 0.3) is 0 Å². The van der Waals surface area contributed by atoms with Crippen LogP contribution in [0.1, 0.15) is 117 Å². The van der Waals surface area contributed by atoms with E-state index < -0.39 is 11.9 Å². The van der Waals surface area contributed by atoms with E-state index in [1.807, 2.05) is 24.3 Å². The number of carbonyl (C=O) groups excluding carboxylic acids is 1. The number of nitrogens with zero attached hydrogens (tertiary/aromatic N) is 1. The number of rotatable bonds is 16. The van der Waals surface area contributed by atoms with Gasteiger partial charge in [0.2, 0.25) is 0 Å². The maximum absolute atomic E-state index is 12.4. The molecule has 0 saturated carbocycles. The number of aryl methyl sites for hydroxylation is 1. The van der Waals surface area contributed by atoms with Crippen molar-refractivity contribution in [2.24, 2.45) is 0 Å². The minimum absolute atomic E-state index is 0.115. The van der Waals surface area contributed by atoms with Gasteiger partial charge in [-0.25, -0.2) is 9.59 Å². The predicted octanol–water partition coefficient (Wildman–Crippen LogP) is 7.89. The first-order valence-corrected chi connectivity index (χ1v) is 13.0. The Kier molecular flexibility index (Phi) is 17.0. The molecular formula is C29H43NO4. The van der Waals surface area contributed by atoms with Crippen LogP contribution in [0.3, 0.4) is 0 Å². The lowest BCUT2D eigenvalue weighted by Crippen LogP contribution is -2.15. The zero-order valence-electron chi connectivity index (χ0n) is 21.1. The van der Waals surface area contributed by atoms with Gasteiger partial charge >= 0.3 is 11.9 Å². The third-order valence-corrected chi connectivity index (χ3v) is 5.68. The van der Waals surface area contributed by atoms with E-state index >= 15 is 0 Å². The summed E-state index contributed by atoms with van der Waals surface area (Å²) in [7, 11) is 0. The first kappa shape index (κ1) is 29.3. The van der Waals surface area contributed by atoms with E-state index in [0.29, 0.717) is 13.0 Å². The second kappa shape index (κ2) is 19.7. The molecule has 0 aliphatic carbocycles. The lowest BCUT2D eigenvalue weighted by atomic mass is 9.96. The number of ether oxygens (including phenoxy) is 1. The molecule has 0 amide bonds. The summed E-state index contributed by atoms with van der Waals surface area (Å²) >= 11 is 0. The summed E-state index contributed by atoms with van der Waals surface area (Å²) in [4.78, 5) is 28.0. The summed E-state index contributed by atoms with van der Waals surface area (Å²) in [5, 5.41) is 9.65. The van der Waals surface area contributed by atoms with Crippen LogP contribution in [0.2, 0.25) is 0 Å². The molecule has 1 heterocycles. The molecule has 188 valence electrons. The van der Waals surface area contributed by atoms with E-state index in [0.717, 1.165) is 37.7 Å². The molecule has 0 bridgehead atoms. The van der Waals surface area contributed by atoms with Crippen molar-refractivity contribution >= 4 is 11.9 Å². The summed E-state index contributed by atoms with van der Waals surface area (Å²) in [6.07, 6.45) is 17.8. The van der Waals surface area contributed by atoms with Crippen molar-refractivity contribution in [1.29, 1.82) is 0 Å². The van der Waals surface area contributed by atoms with E-state index in [1.54, 1.807) is 24.5 Å². The average Bonchev–Trinajstić information content (AvgIpc) is 2.86. The molecule has 0 atom stereocenters. The fourth-order valence-electron chi connectivity index (χ4n) is 3.76. The van der Waals surface area contributed by atoms with Gasteiger partial charge in [-0.3, -0.25) is 4.98 Å². The van der Waals surface area contributed by atoms with Crippen LogP contribution in [0.15, 0.2) is 48.8 Å². The number of aromatic carboxylic acids is 1. The standard InChI is InChI=1S/C24H38O4.C5H5N/c1-3-5-7-9-11-13-16-20-17-15-18-21(22(20)23(25)26)24(27)28-19-14-12-10-8-6-4-2;1-2-4-6-5-3-1/h15,17-18H,3-14,16,19H2,1-2H3,(H,25,26);1-5H. The van der Waals surface area contributed by atoms with Crippen LogP contribution in [-0.2, 0) is 11.2 Å². The maximum atomic E-state index is 12.4. The Labute approximate surface area is 206 Å². The van der Waals surface area contributed by atoms with Crippen LogP contribution in [0, 0.1) is 0 Å². The van der Waals surface area contributed by atoms with Gasteiger partial charge in [-0.15, -0.1) is 0 Å². The van der Waals surface area contributed by atoms with Gasteiger partial charge in [-0.1, -0.05) is 96.3 Å². The Morgan fingerprint density at radius 2 is 1.35 bits per heavy atom. The van der Waals surface area contributed by atoms with Gasteiger partial charge < -0.3 is 9.84 Å². The number of aromatic nitrogens is 1. The molecule has 2 rings (SSSR count). The highest BCUT2D eigenvalue weighted by Gasteiger charge is 2.21. The van der Waals surface area contributed by atoms with Crippen molar-refractivity contribution < 1.29 is 19.4 Å². The Morgan fingerprint density at radius 1 is 0.765 bits per heavy atom. The van der Waals surface area contributed by atoms with Crippen molar-refractivity contribution in [3.8, 4) is 0 Å². The largest absolute Gasteiger partial charge is 0.478 e. The minimum atomic E-state index is -1.05. The molecule has 0 fully saturated rings. The maximum Gasteiger partial charge on any atom is 0.339 e. The van der Waals surface area contributed by atoms with Gasteiger partial charge in [0, 0.05) is 12.4 Å². The van der Waals surface area contributed by atoms with Gasteiger partial charge in [0.05, 0.1) is 17.7 Å². The Hall–Kier alpha value is -2.69. The zero-order chi connectivity index (χ0) is 24.9. The normalized spacial score (nSPS) is 10.3. The van der Waals surface area contributed by atoms with Gasteiger partial charge in [0.15, 0.2) is 0 Å². The SMILES string of the molecule is CCCCCCCCOC(=O)c1cccc(CCCCCCCC)c1C(=O)O.c1ccncc1. The molecule has 1 aromatic carbocycles. The minimum Gasteiger partial charge on any atom is -0.478 e. The van der Waals surface area contributed by atoms with E-state index in [1.165, 1.54) is 44.9 Å². The molecule has 5 heteroatoms. The number of hydrogen-bond donors (Lipinski definition) is 1. The smallest absolute Gasteiger partial charge is 0.339 e. The molecule has 0 aliphatic rings. The summed E-state index contributed by atoms with van der Waals surface area (Å²) in [5.74, 6) is -1.57. The average molecular weight is 470 g/mol. The van der Waals surface area contributed by atoms with Crippen molar-refractivity contribution in [3.05, 3.63) is 65.5 Å². The van der Waals surface area contributed by atoms with E-state index in [2.05, 4.69) is 18.8 Å². The zero-order valence-corrected chi connectivity index (χ0v) is 21.1. The Morgan fingerprint density at radius 3 is 1.88 bits per heavy atom.